The quantitative estimate of drug-likeness (QED) is 0.485. The fourth-order valence-corrected chi connectivity index (χ4v) is 7.21. The summed E-state index contributed by atoms with van der Waals surface area (Å²) in [5.41, 5.74) is -2.79. The summed E-state index contributed by atoms with van der Waals surface area (Å²) in [6.45, 7) is 1.48. The Morgan fingerprint density at radius 1 is 1.11 bits per heavy atom. The molecular formula is C25H31F3N4O2S2. The Morgan fingerprint density at radius 2 is 1.83 bits per heavy atom. The number of aliphatic hydroxyl groups excluding tert-OH is 1. The van der Waals surface area contributed by atoms with Crippen molar-refractivity contribution < 1.29 is 22.5 Å². The van der Waals surface area contributed by atoms with Crippen LogP contribution in [0.2, 0.25) is 0 Å². The van der Waals surface area contributed by atoms with Crippen LogP contribution in [0.5, 0.6) is 0 Å². The van der Waals surface area contributed by atoms with Gasteiger partial charge in [-0.25, -0.2) is 4.98 Å². The lowest BCUT2D eigenvalue weighted by Gasteiger charge is -2.42. The monoisotopic (exact) mass is 540 g/mol. The van der Waals surface area contributed by atoms with Crippen molar-refractivity contribution in [3.63, 3.8) is 0 Å². The molecule has 11 heteroatoms. The Kier molecular flexibility index (Phi) is 7.51. The van der Waals surface area contributed by atoms with Crippen LogP contribution in [0, 0.1) is 0 Å². The molecule has 196 valence electrons. The van der Waals surface area contributed by atoms with E-state index in [2.05, 4.69) is 10.2 Å². The van der Waals surface area contributed by atoms with Gasteiger partial charge in [0.2, 0.25) is 5.95 Å². The Bertz CT molecular complexity index is 1100. The standard InChI is InChI=1S/C25H31F3N4O2S2/c26-25(27,28)35-19-7-5-17(6-8-19)18-9-13-32(14-10-18)23-29-20-4-1-2-15-36(34)21(20)22(30-23)31-24(16-33)11-3-12-24/h5-8,18,33H,1-4,9-16H2,(H,29,30,31)/t36-/m0/s1. The molecule has 36 heavy (non-hydrogen) atoms. The first-order valence-corrected chi connectivity index (χ1v) is 14.7. The van der Waals surface area contributed by atoms with Crippen molar-refractivity contribution in [1.82, 2.24) is 9.97 Å². The second-order valence-corrected chi connectivity index (χ2v) is 12.6. The molecular weight excluding hydrogens is 509 g/mol. The molecule has 0 spiro atoms. The smallest absolute Gasteiger partial charge is 0.394 e. The van der Waals surface area contributed by atoms with Gasteiger partial charge in [0.05, 0.1) is 28.6 Å². The number of fused-ring (bicyclic) bond motifs is 1. The molecule has 0 bridgehead atoms. The van der Waals surface area contributed by atoms with Crippen LogP contribution >= 0.6 is 11.8 Å². The maximum absolute atomic E-state index is 13.0. The van der Waals surface area contributed by atoms with Gasteiger partial charge in [-0.15, -0.1) is 0 Å². The predicted molar refractivity (Wildman–Crippen MR) is 136 cm³/mol. The van der Waals surface area contributed by atoms with E-state index in [-0.39, 0.29) is 29.2 Å². The number of aryl methyl sites for hydroxylation is 1. The number of hydrogen-bond acceptors (Lipinski definition) is 7. The topological polar surface area (TPSA) is 78.4 Å². The van der Waals surface area contributed by atoms with E-state index in [0.717, 1.165) is 75.7 Å². The number of benzene rings is 1. The van der Waals surface area contributed by atoms with Crippen LogP contribution in [0.3, 0.4) is 0 Å². The minimum atomic E-state index is -4.28. The fraction of sp³-hybridized carbons (Fsp3) is 0.600. The highest BCUT2D eigenvalue weighted by Gasteiger charge is 2.38. The molecule has 2 aliphatic heterocycles. The van der Waals surface area contributed by atoms with Crippen LogP contribution in [0.1, 0.15) is 62.1 Å². The zero-order valence-electron chi connectivity index (χ0n) is 20.0. The third-order valence-electron chi connectivity index (χ3n) is 7.50. The van der Waals surface area contributed by atoms with Gasteiger partial charge in [0, 0.05) is 23.7 Å². The summed E-state index contributed by atoms with van der Waals surface area (Å²) in [5.74, 6) is 2.09. The molecule has 0 radical (unpaired) electrons. The van der Waals surface area contributed by atoms with Crippen LogP contribution in [-0.4, -0.2) is 55.8 Å². The van der Waals surface area contributed by atoms with Gasteiger partial charge in [0.25, 0.3) is 0 Å². The molecule has 1 saturated carbocycles. The van der Waals surface area contributed by atoms with Crippen LogP contribution in [0.25, 0.3) is 0 Å². The molecule has 2 fully saturated rings. The number of aliphatic hydroxyl groups is 1. The van der Waals surface area contributed by atoms with E-state index < -0.39 is 21.8 Å². The number of alkyl halides is 3. The van der Waals surface area contributed by atoms with Crippen LogP contribution < -0.4 is 10.2 Å². The molecule has 1 aliphatic carbocycles. The van der Waals surface area contributed by atoms with Crippen molar-refractivity contribution in [2.24, 2.45) is 0 Å². The molecule has 6 nitrogen and oxygen atoms in total. The van der Waals surface area contributed by atoms with Gasteiger partial charge in [-0.1, -0.05) is 12.1 Å². The summed E-state index contributed by atoms with van der Waals surface area (Å²) in [6.07, 6.45) is 7.03. The largest absolute Gasteiger partial charge is 0.446 e. The number of halogens is 3. The number of nitrogens with one attached hydrogen (secondary N) is 1. The van der Waals surface area contributed by atoms with E-state index in [1.165, 1.54) is 0 Å². The summed E-state index contributed by atoms with van der Waals surface area (Å²) in [7, 11) is -1.17. The zero-order valence-corrected chi connectivity index (χ0v) is 21.7. The number of rotatable bonds is 6. The fourth-order valence-electron chi connectivity index (χ4n) is 5.28. The number of nitrogens with zero attached hydrogens (tertiary/aromatic N) is 3. The summed E-state index contributed by atoms with van der Waals surface area (Å²) in [4.78, 5) is 12.8. The van der Waals surface area contributed by atoms with E-state index in [9.17, 15) is 22.5 Å². The molecule has 3 aliphatic rings. The molecule has 5 rings (SSSR count). The van der Waals surface area contributed by atoms with Gasteiger partial charge in [0.1, 0.15) is 10.7 Å². The van der Waals surface area contributed by atoms with E-state index in [1.54, 1.807) is 24.3 Å². The number of anilines is 2. The van der Waals surface area contributed by atoms with Gasteiger partial charge >= 0.3 is 5.51 Å². The van der Waals surface area contributed by atoms with E-state index in [4.69, 9.17) is 9.97 Å². The number of piperidine rings is 1. The van der Waals surface area contributed by atoms with Crippen LogP contribution in [0.4, 0.5) is 24.9 Å². The van der Waals surface area contributed by atoms with Crippen molar-refractivity contribution in [3.05, 3.63) is 35.5 Å². The molecule has 1 aromatic carbocycles. The minimum absolute atomic E-state index is 0.0133. The first kappa shape index (κ1) is 25.8. The molecule has 1 atom stereocenters. The van der Waals surface area contributed by atoms with E-state index >= 15 is 0 Å². The third-order valence-corrected chi connectivity index (χ3v) is 9.79. The summed E-state index contributed by atoms with van der Waals surface area (Å²) < 4.78 is 50.9. The van der Waals surface area contributed by atoms with Gasteiger partial charge in [-0.2, -0.15) is 18.2 Å². The lowest BCUT2D eigenvalue weighted by atomic mass is 9.77. The van der Waals surface area contributed by atoms with Gasteiger partial charge < -0.3 is 15.3 Å². The van der Waals surface area contributed by atoms with Crippen molar-refractivity contribution in [2.75, 3.05) is 35.7 Å². The molecule has 1 saturated heterocycles. The van der Waals surface area contributed by atoms with Crippen LogP contribution in [-0.2, 0) is 17.2 Å². The summed E-state index contributed by atoms with van der Waals surface area (Å²) in [5, 5.41) is 13.5. The van der Waals surface area contributed by atoms with Crippen molar-refractivity contribution in [3.8, 4) is 0 Å². The zero-order chi connectivity index (χ0) is 25.3. The molecule has 3 heterocycles. The lowest BCUT2D eigenvalue weighted by Crippen LogP contribution is -2.49. The predicted octanol–water partition coefficient (Wildman–Crippen LogP) is 5.24. The highest BCUT2D eigenvalue weighted by molar-refractivity contribution is 8.00. The number of thioether (sulfide) groups is 1. The SMILES string of the molecule is O=[S@]1CCCCc2nc(N3CCC(c4ccc(SC(F)(F)F)cc4)CC3)nc(NC3(CO)CCC3)c21. The first-order chi connectivity index (χ1) is 17.3. The van der Waals surface area contributed by atoms with E-state index in [1.807, 2.05) is 0 Å². The highest BCUT2D eigenvalue weighted by Crippen LogP contribution is 2.40. The van der Waals surface area contributed by atoms with Crippen molar-refractivity contribution >= 4 is 34.3 Å². The second kappa shape index (κ2) is 10.5. The summed E-state index contributed by atoms with van der Waals surface area (Å²) >= 11 is -0.0891. The molecule has 2 N–H and O–H groups in total. The first-order valence-electron chi connectivity index (χ1n) is 12.5. The van der Waals surface area contributed by atoms with Gasteiger partial charge in [-0.05, 0) is 86.7 Å². The number of hydrogen-bond donors (Lipinski definition) is 2. The summed E-state index contributed by atoms with van der Waals surface area (Å²) in [6, 6.07) is 6.70. The van der Waals surface area contributed by atoms with Gasteiger partial charge in [0.15, 0.2) is 0 Å². The number of aromatic nitrogens is 2. The second-order valence-electron chi connectivity index (χ2n) is 9.95. The minimum Gasteiger partial charge on any atom is -0.394 e. The molecule has 2 aromatic rings. The average Bonchev–Trinajstić information content (AvgIpc) is 3.02. The average molecular weight is 541 g/mol. The lowest BCUT2D eigenvalue weighted by molar-refractivity contribution is -0.0328. The van der Waals surface area contributed by atoms with E-state index in [0.29, 0.717) is 22.4 Å². The Labute approximate surface area is 215 Å². The van der Waals surface area contributed by atoms with Crippen molar-refractivity contribution in [1.29, 1.82) is 0 Å². The Morgan fingerprint density at radius 3 is 2.44 bits per heavy atom. The Balaban J connectivity index is 1.33. The molecule has 0 unspecified atom stereocenters. The highest BCUT2D eigenvalue weighted by atomic mass is 32.2. The maximum Gasteiger partial charge on any atom is 0.446 e. The molecule has 1 aromatic heterocycles. The third kappa shape index (κ3) is 5.67. The van der Waals surface area contributed by atoms with Crippen molar-refractivity contribution in [2.45, 2.75) is 78.1 Å². The Hall–Kier alpha value is -1.85. The van der Waals surface area contributed by atoms with Crippen LogP contribution in [0.15, 0.2) is 34.1 Å². The van der Waals surface area contributed by atoms with Gasteiger partial charge in [-0.3, -0.25) is 4.21 Å². The normalized spacial score (nSPS) is 22.4. The molecule has 0 amide bonds. The maximum atomic E-state index is 13.0.